The number of carbonyl (C=O) groups excluding carboxylic acids is 4. The molecule has 3 atom stereocenters. The Kier molecular flexibility index (Phi) is 10.7. The van der Waals surface area contributed by atoms with Gasteiger partial charge in [-0.1, -0.05) is 26.0 Å². The smallest absolute Gasteiger partial charge is 0.255 e. The molecule has 204 valence electrons. The van der Waals surface area contributed by atoms with Gasteiger partial charge in [0.25, 0.3) is 5.91 Å². The third-order valence-corrected chi connectivity index (χ3v) is 6.65. The van der Waals surface area contributed by atoms with Crippen LogP contribution in [0.3, 0.4) is 0 Å². The van der Waals surface area contributed by atoms with E-state index in [2.05, 4.69) is 16.0 Å². The first-order valence-electron chi connectivity index (χ1n) is 13.2. The summed E-state index contributed by atoms with van der Waals surface area (Å²) in [5.74, 6) is -0.651. The Hall–Kier alpha value is -3.14. The van der Waals surface area contributed by atoms with Crippen molar-refractivity contribution in [3.8, 4) is 5.75 Å². The topological polar surface area (TPSA) is 126 Å². The number of ether oxygens (including phenoxy) is 2. The van der Waals surface area contributed by atoms with E-state index >= 15 is 0 Å². The molecule has 2 heterocycles. The number of benzene rings is 1. The third-order valence-electron chi connectivity index (χ3n) is 6.65. The van der Waals surface area contributed by atoms with Gasteiger partial charge in [0.1, 0.15) is 17.8 Å². The number of hydrogen-bond donors (Lipinski definition) is 3. The Morgan fingerprint density at radius 2 is 1.92 bits per heavy atom. The summed E-state index contributed by atoms with van der Waals surface area (Å²) < 4.78 is 11.1. The summed E-state index contributed by atoms with van der Waals surface area (Å²) in [5, 5.41) is 8.55. The van der Waals surface area contributed by atoms with Crippen LogP contribution in [0.2, 0.25) is 0 Å². The molecule has 3 N–H and O–H groups in total. The predicted molar refractivity (Wildman–Crippen MR) is 138 cm³/mol. The number of para-hydroxylation sites is 1. The molecule has 0 bridgehead atoms. The summed E-state index contributed by atoms with van der Waals surface area (Å²) in [6.07, 6.45) is 2.78. The van der Waals surface area contributed by atoms with Gasteiger partial charge >= 0.3 is 0 Å². The summed E-state index contributed by atoms with van der Waals surface area (Å²) in [6.45, 7) is 5.63. The van der Waals surface area contributed by atoms with Gasteiger partial charge in [0, 0.05) is 26.6 Å². The summed E-state index contributed by atoms with van der Waals surface area (Å²) >= 11 is 0. The molecule has 0 radical (unpaired) electrons. The number of rotatable bonds is 5. The molecular formula is C27H40N4O6. The van der Waals surface area contributed by atoms with Gasteiger partial charge in [0.2, 0.25) is 17.7 Å². The Morgan fingerprint density at radius 3 is 2.68 bits per heavy atom. The maximum atomic E-state index is 13.6. The lowest BCUT2D eigenvalue weighted by atomic mass is 10.0. The summed E-state index contributed by atoms with van der Waals surface area (Å²) in [6, 6.07) is 5.20. The molecule has 0 aromatic heterocycles. The number of hydrogen-bond acceptors (Lipinski definition) is 6. The van der Waals surface area contributed by atoms with E-state index in [-0.39, 0.29) is 42.5 Å². The lowest BCUT2D eigenvalue weighted by Crippen LogP contribution is -2.52. The normalized spacial score (nSPS) is 24.1. The van der Waals surface area contributed by atoms with E-state index in [1.54, 1.807) is 36.3 Å². The minimum atomic E-state index is -0.908. The Morgan fingerprint density at radius 1 is 1.14 bits per heavy atom. The molecule has 2 aliphatic heterocycles. The number of nitrogens with zero attached hydrogens (tertiary/aromatic N) is 1. The fraction of sp³-hybridized carbons (Fsp3) is 0.630. The van der Waals surface area contributed by atoms with Crippen LogP contribution in [-0.2, 0) is 19.1 Å². The molecule has 3 rings (SSSR count). The summed E-state index contributed by atoms with van der Waals surface area (Å²) in [7, 11) is 1.60. The van der Waals surface area contributed by atoms with Crippen LogP contribution in [0, 0.1) is 5.92 Å². The number of carbonyl (C=O) groups is 4. The van der Waals surface area contributed by atoms with Crippen molar-refractivity contribution in [1.82, 2.24) is 20.9 Å². The highest BCUT2D eigenvalue weighted by atomic mass is 16.5. The van der Waals surface area contributed by atoms with E-state index < -0.39 is 18.0 Å². The van der Waals surface area contributed by atoms with Crippen molar-refractivity contribution < 1.29 is 28.7 Å². The van der Waals surface area contributed by atoms with Crippen LogP contribution in [0.25, 0.3) is 0 Å². The quantitative estimate of drug-likeness (QED) is 0.546. The van der Waals surface area contributed by atoms with E-state index in [1.807, 2.05) is 13.8 Å². The SMILES string of the molecule is COC[C@@H]1CCCN1C(=O)[C@@H]1CCC(=O)N[C@@H](CC(C)C)C(=O)NCCCOc2ccccc2C(=O)N1. The monoisotopic (exact) mass is 516 g/mol. The first kappa shape index (κ1) is 28.4. The zero-order chi connectivity index (χ0) is 26.8. The van der Waals surface area contributed by atoms with E-state index in [0.29, 0.717) is 50.5 Å². The highest BCUT2D eigenvalue weighted by Crippen LogP contribution is 2.22. The zero-order valence-corrected chi connectivity index (χ0v) is 22.1. The maximum absolute atomic E-state index is 13.6. The standard InChI is InChI=1S/C27H40N4O6/c1-18(2)16-22-26(34)28-13-7-15-37-23-10-5-4-9-20(23)25(33)30-21(11-12-24(32)29-22)27(35)31-14-6-8-19(31)17-36-3/h4-5,9-10,18-19,21-22H,6-8,11-17H2,1-3H3,(H,28,34)(H,29,32)(H,30,33)/t19-,21-,22-/m0/s1. The summed E-state index contributed by atoms with van der Waals surface area (Å²) in [4.78, 5) is 54.3. The van der Waals surface area contributed by atoms with Crippen molar-refractivity contribution >= 4 is 23.6 Å². The van der Waals surface area contributed by atoms with Crippen LogP contribution >= 0.6 is 0 Å². The van der Waals surface area contributed by atoms with Gasteiger partial charge in [0.05, 0.1) is 24.8 Å². The van der Waals surface area contributed by atoms with Gasteiger partial charge < -0.3 is 30.3 Å². The van der Waals surface area contributed by atoms with Gasteiger partial charge in [-0.25, -0.2) is 0 Å². The minimum Gasteiger partial charge on any atom is -0.493 e. The van der Waals surface area contributed by atoms with E-state index in [9.17, 15) is 19.2 Å². The molecule has 10 nitrogen and oxygen atoms in total. The van der Waals surface area contributed by atoms with Crippen molar-refractivity contribution in [2.75, 3.05) is 33.4 Å². The molecule has 1 saturated heterocycles. The Balaban J connectivity index is 1.85. The van der Waals surface area contributed by atoms with Crippen LogP contribution in [0.4, 0.5) is 0 Å². The van der Waals surface area contributed by atoms with Gasteiger partial charge in [-0.15, -0.1) is 0 Å². The van der Waals surface area contributed by atoms with Crippen molar-refractivity contribution in [3.63, 3.8) is 0 Å². The highest BCUT2D eigenvalue weighted by Gasteiger charge is 2.35. The van der Waals surface area contributed by atoms with Gasteiger partial charge in [-0.3, -0.25) is 19.2 Å². The van der Waals surface area contributed by atoms with Crippen LogP contribution < -0.4 is 20.7 Å². The second-order valence-electron chi connectivity index (χ2n) is 10.1. The number of nitrogens with one attached hydrogen (secondary N) is 3. The van der Waals surface area contributed by atoms with Crippen LogP contribution in [0.1, 0.15) is 62.7 Å². The van der Waals surface area contributed by atoms with Gasteiger partial charge in [-0.05, 0) is 50.2 Å². The third kappa shape index (κ3) is 8.18. The van der Waals surface area contributed by atoms with Gasteiger partial charge in [-0.2, -0.15) is 0 Å². The largest absolute Gasteiger partial charge is 0.493 e. The van der Waals surface area contributed by atoms with Crippen LogP contribution in [0.5, 0.6) is 5.75 Å². The van der Waals surface area contributed by atoms with E-state index in [1.165, 1.54) is 0 Å². The zero-order valence-electron chi connectivity index (χ0n) is 22.1. The first-order valence-corrected chi connectivity index (χ1v) is 13.2. The highest BCUT2D eigenvalue weighted by molar-refractivity contribution is 6.00. The first-order chi connectivity index (χ1) is 17.8. The second kappa shape index (κ2) is 14.0. The van der Waals surface area contributed by atoms with E-state index in [4.69, 9.17) is 9.47 Å². The number of likely N-dealkylation sites (tertiary alicyclic amines) is 1. The molecule has 0 aliphatic carbocycles. The molecule has 4 amide bonds. The fourth-order valence-corrected chi connectivity index (χ4v) is 4.80. The van der Waals surface area contributed by atoms with E-state index in [0.717, 1.165) is 12.8 Å². The lowest BCUT2D eigenvalue weighted by Gasteiger charge is -2.29. The lowest BCUT2D eigenvalue weighted by molar-refractivity contribution is -0.135. The molecule has 1 aromatic carbocycles. The number of amides is 4. The minimum absolute atomic E-state index is 0.0144. The van der Waals surface area contributed by atoms with Gasteiger partial charge in [0.15, 0.2) is 0 Å². The van der Waals surface area contributed by atoms with Crippen molar-refractivity contribution in [2.45, 2.75) is 70.5 Å². The van der Waals surface area contributed by atoms with Crippen LogP contribution in [-0.4, -0.2) is 80.1 Å². The molecule has 1 fully saturated rings. The maximum Gasteiger partial charge on any atom is 0.255 e. The Labute approximate surface area is 218 Å². The molecule has 37 heavy (non-hydrogen) atoms. The summed E-state index contributed by atoms with van der Waals surface area (Å²) in [5.41, 5.74) is 0.313. The molecule has 0 unspecified atom stereocenters. The molecule has 2 aliphatic rings. The van der Waals surface area contributed by atoms with Crippen molar-refractivity contribution in [1.29, 1.82) is 0 Å². The second-order valence-corrected chi connectivity index (χ2v) is 10.1. The number of methoxy groups -OCH3 is 1. The molecule has 1 aromatic rings. The fourth-order valence-electron chi connectivity index (χ4n) is 4.80. The van der Waals surface area contributed by atoms with Crippen molar-refractivity contribution in [3.05, 3.63) is 29.8 Å². The van der Waals surface area contributed by atoms with Crippen LogP contribution in [0.15, 0.2) is 24.3 Å². The molecule has 0 spiro atoms. The molecular weight excluding hydrogens is 476 g/mol. The molecule has 0 saturated carbocycles. The number of fused-ring (bicyclic) bond motifs is 1. The predicted octanol–water partition coefficient (Wildman–Crippen LogP) is 1.63. The Bertz CT molecular complexity index is 953. The average molecular weight is 517 g/mol. The average Bonchev–Trinajstić information content (AvgIpc) is 3.33. The molecule has 10 heteroatoms. The van der Waals surface area contributed by atoms with Crippen molar-refractivity contribution in [2.24, 2.45) is 5.92 Å².